The minimum Gasteiger partial charge on any atom is -0.496 e. The Morgan fingerprint density at radius 3 is 2.41 bits per heavy atom. The van der Waals surface area contributed by atoms with Crippen LogP contribution in [0, 0.1) is 0 Å². The van der Waals surface area contributed by atoms with Crippen molar-refractivity contribution in [1.29, 1.82) is 0 Å². The van der Waals surface area contributed by atoms with E-state index in [1.807, 2.05) is 60.7 Å². The highest BCUT2D eigenvalue weighted by atomic mass is 16.7. The third-order valence-corrected chi connectivity index (χ3v) is 4.40. The van der Waals surface area contributed by atoms with Gasteiger partial charge in [-0.25, -0.2) is 0 Å². The van der Waals surface area contributed by atoms with Gasteiger partial charge in [0.25, 0.3) is 0 Å². The van der Waals surface area contributed by atoms with Gasteiger partial charge in [0.05, 0.1) is 19.8 Å². The molecule has 3 aromatic carbocycles. The molecule has 0 aliphatic carbocycles. The fraction of sp³-hybridized carbons (Fsp3) is 0.182. The molecule has 0 unspecified atom stereocenters. The predicted octanol–water partition coefficient (Wildman–Crippen LogP) is 4.68. The average molecular weight is 364 g/mol. The highest BCUT2D eigenvalue weighted by Gasteiger charge is 2.28. The van der Waals surface area contributed by atoms with E-state index in [-0.39, 0.29) is 6.79 Å². The van der Waals surface area contributed by atoms with Crippen LogP contribution in [0.1, 0.15) is 5.56 Å². The molecule has 0 saturated carbocycles. The largest absolute Gasteiger partial charge is 0.496 e. The fourth-order valence-electron chi connectivity index (χ4n) is 3.14. The number of rotatable bonds is 6. The van der Waals surface area contributed by atoms with Crippen LogP contribution in [0.15, 0.2) is 60.7 Å². The Balaban J connectivity index is 1.84. The SMILES string of the molecule is COc1ccccc1-c1c(OCc2ccccc2)cc2c(c1OC)OCO2. The Kier molecular flexibility index (Phi) is 4.75. The number of fused-ring (bicyclic) bond motifs is 1. The molecular weight excluding hydrogens is 344 g/mol. The number of methoxy groups -OCH3 is 2. The molecule has 5 nitrogen and oxygen atoms in total. The molecule has 0 atom stereocenters. The Bertz CT molecular complexity index is 937. The molecule has 0 fully saturated rings. The smallest absolute Gasteiger partial charge is 0.231 e. The third kappa shape index (κ3) is 3.24. The van der Waals surface area contributed by atoms with E-state index in [1.165, 1.54) is 0 Å². The van der Waals surface area contributed by atoms with E-state index in [9.17, 15) is 0 Å². The summed E-state index contributed by atoms with van der Waals surface area (Å²) in [7, 11) is 3.25. The second-order valence-corrected chi connectivity index (χ2v) is 5.99. The maximum atomic E-state index is 6.17. The second kappa shape index (κ2) is 7.50. The van der Waals surface area contributed by atoms with Crippen molar-refractivity contribution >= 4 is 0 Å². The fourth-order valence-corrected chi connectivity index (χ4v) is 3.14. The van der Waals surface area contributed by atoms with Crippen LogP contribution in [0.4, 0.5) is 0 Å². The number of ether oxygens (including phenoxy) is 5. The molecule has 0 aromatic heterocycles. The van der Waals surface area contributed by atoms with E-state index in [2.05, 4.69) is 0 Å². The average Bonchev–Trinajstić information content (AvgIpc) is 3.20. The van der Waals surface area contributed by atoms with Gasteiger partial charge in [-0.2, -0.15) is 0 Å². The van der Waals surface area contributed by atoms with Crippen LogP contribution in [0.2, 0.25) is 0 Å². The van der Waals surface area contributed by atoms with Crippen LogP contribution in [0.3, 0.4) is 0 Å². The molecule has 0 saturated heterocycles. The summed E-state index contributed by atoms with van der Waals surface area (Å²) in [5, 5.41) is 0. The zero-order valence-corrected chi connectivity index (χ0v) is 15.2. The van der Waals surface area contributed by atoms with Crippen molar-refractivity contribution < 1.29 is 23.7 Å². The molecule has 27 heavy (non-hydrogen) atoms. The van der Waals surface area contributed by atoms with Crippen molar-refractivity contribution in [3.05, 3.63) is 66.2 Å². The van der Waals surface area contributed by atoms with Crippen molar-refractivity contribution in [3.63, 3.8) is 0 Å². The summed E-state index contributed by atoms with van der Waals surface area (Å²) >= 11 is 0. The molecular formula is C22H20O5. The van der Waals surface area contributed by atoms with E-state index in [4.69, 9.17) is 23.7 Å². The van der Waals surface area contributed by atoms with Crippen LogP contribution in [-0.4, -0.2) is 21.0 Å². The Morgan fingerprint density at radius 1 is 0.852 bits per heavy atom. The summed E-state index contributed by atoms with van der Waals surface area (Å²) < 4.78 is 28.6. The summed E-state index contributed by atoms with van der Waals surface area (Å²) in [5.41, 5.74) is 2.70. The summed E-state index contributed by atoms with van der Waals surface area (Å²) in [5.74, 6) is 3.11. The van der Waals surface area contributed by atoms with Crippen LogP contribution in [0.5, 0.6) is 28.7 Å². The third-order valence-electron chi connectivity index (χ3n) is 4.40. The van der Waals surface area contributed by atoms with E-state index in [0.29, 0.717) is 29.6 Å². The van der Waals surface area contributed by atoms with Crippen LogP contribution < -0.4 is 23.7 Å². The normalized spacial score (nSPS) is 11.9. The molecule has 0 bridgehead atoms. The molecule has 5 heteroatoms. The van der Waals surface area contributed by atoms with Gasteiger partial charge in [0, 0.05) is 11.6 Å². The van der Waals surface area contributed by atoms with E-state index < -0.39 is 0 Å². The first-order chi connectivity index (χ1) is 13.3. The van der Waals surface area contributed by atoms with Gasteiger partial charge < -0.3 is 23.7 Å². The molecule has 1 aliphatic rings. The molecule has 3 aromatic rings. The number of para-hydroxylation sites is 1. The van der Waals surface area contributed by atoms with Gasteiger partial charge in [-0.05, 0) is 11.6 Å². The highest BCUT2D eigenvalue weighted by molar-refractivity contribution is 5.85. The lowest BCUT2D eigenvalue weighted by Gasteiger charge is -2.18. The quantitative estimate of drug-likeness (QED) is 0.636. The monoisotopic (exact) mass is 364 g/mol. The van der Waals surface area contributed by atoms with Gasteiger partial charge >= 0.3 is 0 Å². The van der Waals surface area contributed by atoms with Gasteiger partial charge in [0.2, 0.25) is 12.5 Å². The molecule has 0 amide bonds. The van der Waals surface area contributed by atoms with Gasteiger partial charge in [-0.3, -0.25) is 0 Å². The van der Waals surface area contributed by atoms with Crippen molar-refractivity contribution in [2.24, 2.45) is 0 Å². The first kappa shape index (κ1) is 17.1. The van der Waals surface area contributed by atoms with Crippen LogP contribution >= 0.6 is 0 Å². The maximum Gasteiger partial charge on any atom is 0.231 e. The van der Waals surface area contributed by atoms with Crippen molar-refractivity contribution in [2.45, 2.75) is 6.61 Å². The molecule has 0 radical (unpaired) electrons. The lowest BCUT2D eigenvalue weighted by Crippen LogP contribution is -2.00. The number of benzene rings is 3. The summed E-state index contributed by atoms with van der Waals surface area (Å²) in [6, 6.07) is 19.6. The van der Waals surface area contributed by atoms with Crippen molar-refractivity contribution in [3.8, 4) is 39.9 Å². The van der Waals surface area contributed by atoms with Gasteiger partial charge in [-0.1, -0.05) is 48.5 Å². The van der Waals surface area contributed by atoms with E-state index in [0.717, 1.165) is 22.4 Å². The Labute approximate surface area is 158 Å². The van der Waals surface area contributed by atoms with Crippen molar-refractivity contribution in [2.75, 3.05) is 21.0 Å². The molecule has 0 spiro atoms. The van der Waals surface area contributed by atoms with E-state index in [1.54, 1.807) is 14.2 Å². The summed E-state index contributed by atoms with van der Waals surface area (Å²) in [6.45, 7) is 0.574. The van der Waals surface area contributed by atoms with Crippen LogP contribution in [0.25, 0.3) is 11.1 Å². The molecule has 1 aliphatic heterocycles. The van der Waals surface area contributed by atoms with Crippen molar-refractivity contribution in [1.82, 2.24) is 0 Å². The molecule has 4 rings (SSSR count). The summed E-state index contributed by atoms with van der Waals surface area (Å²) in [4.78, 5) is 0. The van der Waals surface area contributed by atoms with Gasteiger partial charge in [0.15, 0.2) is 11.5 Å². The second-order valence-electron chi connectivity index (χ2n) is 5.99. The van der Waals surface area contributed by atoms with Crippen LogP contribution in [-0.2, 0) is 6.61 Å². The lowest BCUT2D eigenvalue weighted by molar-refractivity contribution is 0.171. The zero-order valence-electron chi connectivity index (χ0n) is 15.2. The first-order valence-corrected chi connectivity index (χ1v) is 8.62. The standard InChI is InChI=1S/C22H20O5/c1-23-17-11-7-6-10-16(17)20-18(25-13-15-8-4-3-5-9-15)12-19-21(22(20)24-2)27-14-26-19/h3-12H,13-14H2,1-2H3. The van der Waals surface area contributed by atoms with Gasteiger partial charge in [-0.15, -0.1) is 0 Å². The highest BCUT2D eigenvalue weighted by Crippen LogP contribution is 2.53. The lowest BCUT2D eigenvalue weighted by atomic mass is 10.0. The number of hydrogen-bond donors (Lipinski definition) is 0. The Morgan fingerprint density at radius 2 is 1.63 bits per heavy atom. The molecule has 138 valence electrons. The summed E-state index contributed by atoms with van der Waals surface area (Å²) in [6.07, 6.45) is 0. The molecule has 0 N–H and O–H groups in total. The zero-order chi connectivity index (χ0) is 18.6. The minimum atomic E-state index is 0.152. The Hall–Kier alpha value is -3.34. The predicted molar refractivity (Wildman–Crippen MR) is 102 cm³/mol. The first-order valence-electron chi connectivity index (χ1n) is 8.62. The number of hydrogen-bond acceptors (Lipinski definition) is 5. The maximum absolute atomic E-state index is 6.17. The molecule has 1 heterocycles. The van der Waals surface area contributed by atoms with E-state index >= 15 is 0 Å². The van der Waals surface area contributed by atoms with Gasteiger partial charge in [0.1, 0.15) is 18.1 Å². The topological polar surface area (TPSA) is 46.2 Å². The minimum absolute atomic E-state index is 0.152.